The normalized spacial score (nSPS) is 31.0. The van der Waals surface area contributed by atoms with E-state index in [0.29, 0.717) is 24.3 Å². The summed E-state index contributed by atoms with van der Waals surface area (Å²) in [5.41, 5.74) is -1.19. The highest BCUT2D eigenvalue weighted by Gasteiger charge is 2.76. The zero-order valence-corrected chi connectivity index (χ0v) is 28.7. The van der Waals surface area contributed by atoms with Crippen molar-refractivity contribution in [2.45, 2.75) is 99.0 Å². The minimum Gasteiger partial charge on any atom is -0.493 e. The molecule has 2 fully saturated rings. The van der Waals surface area contributed by atoms with E-state index in [0.717, 1.165) is 36.5 Å². The Morgan fingerprint density at radius 1 is 1.00 bits per heavy atom. The molecule has 0 aliphatic heterocycles. The van der Waals surface area contributed by atoms with Crippen molar-refractivity contribution in [3.8, 4) is 16.9 Å². The van der Waals surface area contributed by atoms with Gasteiger partial charge in [0.25, 0.3) is 0 Å². The van der Waals surface area contributed by atoms with Crippen molar-refractivity contribution in [2.75, 3.05) is 6.61 Å². The van der Waals surface area contributed by atoms with Crippen LogP contribution in [0.15, 0.2) is 36.4 Å². The minimum atomic E-state index is -2.66. The molecule has 3 aliphatic rings. The highest BCUT2D eigenvalue weighted by atomic mass is 16.5. The first-order chi connectivity index (χ1) is 21.3. The molecule has 2 aromatic rings. The first kappa shape index (κ1) is 33.9. The molecule has 0 bridgehead atoms. The third kappa shape index (κ3) is 4.83. The van der Waals surface area contributed by atoms with Crippen LogP contribution in [-0.4, -0.2) is 46.2 Å². The molecule has 0 spiro atoms. The molecule has 246 valence electrons. The molecular weight excluding hydrogens is 580 g/mol. The van der Waals surface area contributed by atoms with Gasteiger partial charge in [0.2, 0.25) is 0 Å². The fraction of sp³-hybridized carbons (Fsp3) is 0.564. The van der Waals surface area contributed by atoms with Crippen molar-refractivity contribution >= 4 is 28.9 Å². The summed E-state index contributed by atoms with van der Waals surface area (Å²) >= 11 is 0. The number of aliphatic hydroxyl groups is 1. The predicted octanol–water partition coefficient (Wildman–Crippen LogP) is 6.53. The van der Waals surface area contributed by atoms with Gasteiger partial charge in [0.15, 0.2) is 28.7 Å². The minimum absolute atomic E-state index is 0.0382. The van der Waals surface area contributed by atoms with E-state index < -0.39 is 63.1 Å². The van der Waals surface area contributed by atoms with Crippen LogP contribution in [0.2, 0.25) is 0 Å². The van der Waals surface area contributed by atoms with E-state index in [2.05, 4.69) is 32.9 Å². The van der Waals surface area contributed by atoms with Crippen LogP contribution in [0, 0.1) is 34.5 Å². The number of hydrogen-bond donors (Lipinski definition) is 1. The number of ether oxygens (including phenoxy) is 1. The summed E-state index contributed by atoms with van der Waals surface area (Å²) in [6.45, 7) is 17.1. The molecule has 6 atom stereocenters. The Balaban J connectivity index is 1.72. The maximum absolute atomic E-state index is 14.8. The van der Waals surface area contributed by atoms with Gasteiger partial charge >= 0.3 is 0 Å². The maximum atomic E-state index is 14.8. The summed E-state index contributed by atoms with van der Waals surface area (Å²) in [6.07, 6.45) is 2.06. The number of rotatable bonds is 7. The molecule has 7 nitrogen and oxygen atoms in total. The van der Waals surface area contributed by atoms with Crippen LogP contribution < -0.4 is 4.74 Å². The van der Waals surface area contributed by atoms with Gasteiger partial charge in [-0.05, 0) is 71.3 Å². The van der Waals surface area contributed by atoms with Crippen molar-refractivity contribution in [3.63, 3.8) is 0 Å². The van der Waals surface area contributed by atoms with E-state index in [4.69, 9.17) is 4.74 Å². The second kappa shape index (κ2) is 11.4. The topological polar surface area (TPSA) is 115 Å². The molecule has 6 unspecified atom stereocenters. The van der Waals surface area contributed by atoms with Crippen LogP contribution in [0.3, 0.4) is 0 Å². The van der Waals surface area contributed by atoms with Crippen LogP contribution in [0.4, 0.5) is 0 Å². The highest BCUT2D eigenvalue weighted by Crippen LogP contribution is 2.64. The lowest BCUT2D eigenvalue weighted by molar-refractivity contribution is -0.205. The summed E-state index contributed by atoms with van der Waals surface area (Å²) in [6, 6.07) is 12.0. The third-order valence-corrected chi connectivity index (χ3v) is 11.1. The second-order valence-corrected chi connectivity index (χ2v) is 15.8. The first-order valence-corrected chi connectivity index (χ1v) is 16.6. The van der Waals surface area contributed by atoms with Crippen LogP contribution in [0.25, 0.3) is 11.1 Å². The van der Waals surface area contributed by atoms with Crippen LogP contribution in [-0.2, 0) is 31.0 Å². The van der Waals surface area contributed by atoms with Crippen LogP contribution >= 0.6 is 0 Å². The average Bonchev–Trinajstić information content (AvgIpc) is 2.94. The molecule has 0 aromatic heterocycles. The van der Waals surface area contributed by atoms with E-state index in [1.165, 1.54) is 5.56 Å². The van der Waals surface area contributed by atoms with E-state index in [9.17, 15) is 29.1 Å². The number of carbonyl (C=O) groups excluding carboxylic acids is 5. The lowest BCUT2D eigenvalue weighted by Gasteiger charge is -2.62. The monoisotopic (exact) mass is 628 g/mol. The lowest BCUT2D eigenvalue weighted by Crippen LogP contribution is -2.76. The van der Waals surface area contributed by atoms with Gasteiger partial charge in [-0.3, -0.25) is 24.0 Å². The second-order valence-electron chi connectivity index (χ2n) is 15.8. The summed E-state index contributed by atoms with van der Waals surface area (Å²) in [5, 5.41) is 12.3. The molecule has 0 heterocycles. The van der Waals surface area contributed by atoms with Crippen molar-refractivity contribution in [1.82, 2.24) is 0 Å². The number of hydrogen-bond acceptors (Lipinski definition) is 7. The molecule has 0 amide bonds. The van der Waals surface area contributed by atoms with Crippen molar-refractivity contribution < 1.29 is 33.8 Å². The quantitative estimate of drug-likeness (QED) is 0.274. The zero-order chi connectivity index (χ0) is 34.1. The maximum Gasteiger partial charge on any atom is 0.190 e. The zero-order valence-electron chi connectivity index (χ0n) is 28.7. The van der Waals surface area contributed by atoms with E-state index in [1.54, 1.807) is 26.8 Å². The SMILES string of the molecule is CCCCOc1ccc(-c2ccc(C(C)(C)C)cc2)c2c1C(=O)C1C(=O)C3(O)C(=O)C(C(C)=O)C(=O)C(C(C)C)C3(C)CC1(C)C2. The molecule has 0 saturated heterocycles. The summed E-state index contributed by atoms with van der Waals surface area (Å²) in [5.74, 6) is -7.75. The molecule has 7 heteroatoms. The van der Waals surface area contributed by atoms with Gasteiger partial charge in [-0.25, -0.2) is 0 Å². The number of benzene rings is 2. The van der Waals surface area contributed by atoms with Crippen molar-refractivity contribution in [3.05, 3.63) is 53.1 Å². The van der Waals surface area contributed by atoms with Crippen LogP contribution in [0.1, 0.15) is 103 Å². The molecule has 46 heavy (non-hydrogen) atoms. The van der Waals surface area contributed by atoms with Gasteiger partial charge < -0.3 is 9.84 Å². The van der Waals surface area contributed by atoms with Gasteiger partial charge in [-0.15, -0.1) is 0 Å². The van der Waals surface area contributed by atoms with Gasteiger partial charge in [0.05, 0.1) is 18.1 Å². The number of unbranched alkanes of at least 4 members (excludes halogenated alkanes) is 1. The number of ketones is 5. The van der Waals surface area contributed by atoms with Gasteiger partial charge in [0, 0.05) is 11.3 Å². The molecular formula is C39H48O7. The number of Topliss-reactive ketones (excluding diaryl/α,β-unsaturated/α-hetero) is 5. The lowest BCUT2D eigenvalue weighted by atomic mass is 9.40. The first-order valence-electron chi connectivity index (χ1n) is 16.6. The van der Waals surface area contributed by atoms with Crippen molar-refractivity contribution in [2.24, 2.45) is 34.5 Å². The van der Waals surface area contributed by atoms with E-state index >= 15 is 0 Å². The standard InChI is InChI=1S/C39H48O7/c1-10-11-18-46-27-17-16-25(23-12-14-24(15-13-23)36(5,6)7)26-19-37(8)20-38(9)30(21(2)3)32(41)28(22(4)40)34(43)39(38,45)35(44)31(37)33(42)29(26)27/h12-17,21,28,30-31,45H,10-11,18-20H2,1-9H3. The number of fused-ring (bicyclic) bond motifs is 3. The van der Waals surface area contributed by atoms with E-state index in [-0.39, 0.29) is 17.8 Å². The Labute approximate surface area is 272 Å². The Morgan fingerprint density at radius 2 is 1.63 bits per heavy atom. The van der Waals surface area contributed by atoms with Gasteiger partial charge in [0.1, 0.15) is 17.5 Å². The molecule has 5 rings (SSSR count). The highest BCUT2D eigenvalue weighted by molar-refractivity contribution is 6.32. The summed E-state index contributed by atoms with van der Waals surface area (Å²) < 4.78 is 6.15. The Hall–Kier alpha value is -3.45. The Bertz CT molecular complexity index is 1630. The van der Waals surface area contributed by atoms with Gasteiger partial charge in [-0.2, -0.15) is 0 Å². The molecule has 0 radical (unpaired) electrons. The molecule has 2 aromatic carbocycles. The Kier molecular flexibility index (Phi) is 8.37. The fourth-order valence-corrected chi connectivity index (χ4v) is 8.99. The summed E-state index contributed by atoms with van der Waals surface area (Å²) in [7, 11) is 0. The van der Waals surface area contributed by atoms with Gasteiger partial charge in [-0.1, -0.05) is 92.1 Å². The smallest absolute Gasteiger partial charge is 0.190 e. The largest absolute Gasteiger partial charge is 0.493 e. The molecule has 1 N–H and O–H groups in total. The van der Waals surface area contributed by atoms with Crippen molar-refractivity contribution in [1.29, 1.82) is 0 Å². The fourth-order valence-electron chi connectivity index (χ4n) is 8.99. The number of carbonyl (C=O) groups is 5. The molecule has 3 aliphatic carbocycles. The third-order valence-electron chi connectivity index (χ3n) is 11.1. The average molecular weight is 629 g/mol. The molecule has 2 saturated carbocycles. The predicted molar refractivity (Wildman–Crippen MR) is 176 cm³/mol. The Morgan fingerprint density at radius 3 is 2.17 bits per heavy atom. The van der Waals surface area contributed by atoms with Crippen LogP contribution in [0.5, 0.6) is 5.75 Å². The van der Waals surface area contributed by atoms with E-state index in [1.807, 2.05) is 32.0 Å². The summed E-state index contributed by atoms with van der Waals surface area (Å²) in [4.78, 5) is 69.9.